The van der Waals surface area contributed by atoms with Crippen LogP contribution in [-0.2, 0) is 12.3 Å². The molecule has 3 aromatic heterocycles. The molecule has 0 aliphatic carbocycles. The van der Waals surface area contributed by atoms with Crippen molar-refractivity contribution in [3.63, 3.8) is 0 Å². The minimum atomic E-state index is 0.542. The zero-order valence-corrected chi connectivity index (χ0v) is 17.9. The fraction of sp³-hybridized carbons (Fsp3) is 0.0870. The molecule has 3 heterocycles. The van der Waals surface area contributed by atoms with E-state index in [1.54, 1.807) is 24.3 Å². The fourth-order valence-corrected chi connectivity index (χ4v) is 4.16. The Morgan fingerprint density at radius 2 is 1.84 bits per heavy atom. The second-order valence-electron chi connectivity index (χ2n) is 6.80. The Bertz CT molecular complexity index is 1280. The van der Waals surface area contributed by atoms with E-state index in [1.165, 1.54) is 0 Å². The number of benzene rings is 2. The van der Waals surface area contributed by atoms with Crippen LogP contribution in [0.15, 0.2) is 93.2 Å². The first-order valence-corrected chi connectivity index (χ1v) is 11.0. The van der Waals surface area contributed by atoms with Gasteiger partial charge in [-0.3, -0.25) is 4.57 Å². The molecule has 0 unspecified atom stereocenters. The van der Waals surface area contributed by atoms with Gasteiger partial charge in [-0.2, -0.15) is 0 Å². The minimum absolute atomic E-state index is 0.542. The summed E-state index contributed by atoms with van der Waals surface area (Å²) in [7, 11) is 0. The van der Waals surface area contributed by atoms with Crippen molar-refractivity contribution >= 4 is 23.4 Å². The normalized spacial score (nSPS) is 11.1. The molecule has 0 bridgehead atoms. The van der Waals surface area contributed by atoms with Crippen LogP contribution >= 0.6 is 23.4 Å². The Morgan fingerprint density at radius 3 is 2.65 bits per heavy atom. The number of aromatic nitrogens is 4. The largest absolute Gasteiger partial charge is 0.461 e. The van der Waals surface area contributed by atoms with E-state index in [0.29, 0.717) is 34.8 Å². The second-order valence-corrected chi connectivity index (χ2v) is 8.18. The molecule has 5 aromatic rings. The van der Waals surface area contributed by atoms with Crippen LogP contribution in [0.5, 0.6) is 0 Å². The second kappa shape index (κ2) is 8.83. The molecule has 0 atom stereocenters. The van der Waals surface area contributed by atoms with Gasteiger partial charge in [0.25, 0.3) is 0 Å². The fourth-order valence-electron chi connectivity index (χ4n) is 3.16. The molecular formula is C23H17ClN4O2S. The number of nitrogens with zero attached hydrogens (tertiary/aromatic N) is 4. The summed E-state index contributed by atoms with van der Waals surface area (Å²) in [6.45, 7) is 0.638. The first kappa shape index (κ1) is 19.7. The summed E-state index contributed by atoms with van der Waals surface area (Å²) in [5.41, 5.74) is 2.81. The zero-order valence-electron chi connectivity index (χ0n) is 16.3. The van der Waals surface area contributed by atoms with Gasteiger partial charge in [0.15, 0.2) is 10.9 Å². The number of furan rings is 1. The first-order chi connectivity index (χ1) is 15.3. The molecule has 0 aliphatic rings. The van der Waals surface area contributed by atoms with Crippen LogP contribution < -0.4 is 0 Å². The lowest BCUT2D eigenvalue weighted by Gasteiger charge is -2.09. The average Bonchev–Trinajstić information content (AvgIpc) is 3.54. The van der Waals surface area contributed by atoms with E-state index in [9.17, 15) is 0 Å². The third kappa shape index (κ3) is 4.42. The maximum absolute atomic E-state index is 6.07. The van der Waals surface area contributed by atoms with Gasteiger partial charge in [0, 0.05) is 16.3 Å². The van der Waals surface area contributed by atoms with Crippen molar-refractivity contribution < 1.29 is 8.83 Å². The molecular weight excluding hydrogens is 432 g/mol. The predicted octanol–water partition coefficient (Wildman–Crippen LogP) is 6.19. The number of thioether (sulfide) groups is 1. The van der Waals surface area contributed by atoms with Crippen molar-refractivity contribution in [3.05, 3.63) is 95.5 Å². The molecule has 0 saturated carbocycles. The standard InChI is InChI=1S/C23H17ClN4O2S/c24-18-9-4-8-17(12-18)22-25-19(14-30-22)15-31-23-27-26-21(20-10-5-11-29-20)28(23)13-16-6-2-1-3-7-16/h1-12,14H,13,15H2. The number of halogens is 1. The molecule has 0 fully saturated rings. The Kier molecular flexibility index (Phi) is 5.60. The zero-order chi connectivity index (χ0) is 21.0. The lowest BCUT2D eigenvalue weighted by Crippen LogP contribution is -2.04. The quantitative estimate of drug-likeness (QED) is 0.276. The van der Waals surface area contributed by atoms with Gasteiger partial charge in [-0.25, -0.2) is 4.98 Å². The van der Waals surface area contributed by atoms with Gasteiger partial charge >= 0.3 is 0 Å². The van der Waals surface area contributed by atoms with E-state index >= 15 is 0 Å². The maximum Gasteiger partial charge on any atom is 0.226 e. The average molecular weight is 449 g/mol. The summed E-state index contributed by atoms with van der Waals surface area (Å²) < 4.78 is 13.3. The third-order valence-electron chi connectivity index (χ3n) is 4.61. The predicted molar refractivity (Wildman–Crippen MR) is 120 cm³/mol. The molecule has 0 saturated heterocycles. The van der Waals surface area contributed by atoms with Crippen LogP contribution in [0.25, 0.3) is 23.0 Å². The van der Waals surface area contributed by atoms with E-state index in [4.69, 9.17) is 20.4 Å². The van der Waals surface area contributed by atoms with Crippen molar-refractivity contribution in [1.29, 1.82) is 0 Å². The summed E-state index contributed by atoms with van der Waals surface area (Å²) in [4.78, 5) is 4.58. The van der Waals surface area contributed by atoms with E-state index in [2.05, 4.69) is 31.9 Å². The van der Waals surface area contributed by atoms with Crippen molar-refractivity contribution in [2.75, 3.05) is 0 Å². The van der Waals surface area contributed by atoms with Crippen molar-refractivity contribution in [2.45, 2.75) is 17.5 Å². The molecule has 31 heavy (non-hydrogen) atoms. The maximum atomic E-state index is 6.07. The SMILES string of the molecule is Clc1cccc(-c2nc(CSc3nnc(-c4ccco4)n3Cc3ccccc3)co2)c1. The van der Waals surface area contributed by atoms with Gasteiger partial charge in [-0.1, -0.05) is 59.8 Å². The van der Waals surface area contributed by atoms with Crippen LogP contribution in [0.2, 0.25) is 5.02 Å². The lowest BCUT2D eigenvalue weighted by atomic mass is 10.2. The van der Waals surface area contributed by atoms with Crippen LogP contribution in [-0.4, -0.2) is 19.7 Å². The van der Waals surface area contributed by atoms with E-state index in [1.807, 2.05) is 54.6 Å². The van der Waals surface area contributed by atoms with Crippen LogP contribution in [0.3, 0.4) is 0 Å². The van der Waals surface area contributed by atoms with Gasteiger partial charge < -0.3 is 8.83 Å². The summed E-state index contributed by atoms with van der Waals surface area (Å²) >= 11 is 7.62. The van der Waals surface area contributed by atoms with Gasteiger partial charge in [0.2, 0.25) is 11.7 Å². The minimum Gasteiger partial charge on any atom is -0.461 e. The summed E-state index contributed by atoms with van der Waals surface area (Å²) in [6.07, 6.45) is 3.30. The molecule has 2 aromatic carbocycles. The van der Waals surface area contributed by atoms with Crippen LogP contribution in [0, 0.1) is 0 Å². The van der Waals surface area contributed by atoms with Crippen molar-refractivity contribution in [2.24, 2.45) is 0 Å². The summed E-state index contributed by atoms with van der Waals surface area (Å²) in [5.74, 6) is 2.51. The monoisotopic (exact) mass is 448 g/mol. The highest BCUT2D eigenvalue weighted by atomic mass is 35.5. The van der Waals surface area contributed by atoms with Gasteiger partial charge in [0.1, 0.15) is 6.26 Å². The van der Waals surface area contributed by atoms with Crippen LogP contribution in [0.1, 0.15) is 11.3 Å². The highest BCUT2D eigenvalue weighted by Crippen LogP contribution is 2.29. The lowest BCUT2D eigenvalue weighted by molar-refractivity contribution is 0.569. The van der Waals surface area contributed by atoms with Gasteiger partial charge in [0.05, 0.1) is 18.5 Å². The Morgan fingerprint density at radius 1 is 0.935 bits per heavy atom. The molecule has 5 rings (SSSR count). The molecule has 0 radical (unpaired) electrons. The van der Waals surface area contributed by atoms with E-state index in [-0.39, 0.29) is 0 Å². The first-order valence-electron chi connectivity index (χ1n) is 9.60. The topological polar surface area (TPSA) is 69.9 Å². The molecule has 154 valence electrons. The van der Waals surface area contributed by atoms with E-state index in [0.717, 1.165) is 22.0 Å². The molecule has 0 spiro atoms. The van der Waals surface area contributed by atoms with Crippen molar-refractivity contribution in [3.8, 4) is 23.0 Å². The number of hydrogen-bond acceptors (Lipinski definition) is 6. The van der Waals surface area contributed by atoms with Gasteiger partial charge in [-0.15, -0.1) is 10.2 Å². The van der Waals surface area contributed by atoms with Crippen LogP contribution in [0.4, 0.5) is 0 Å². The number of hydrogen-bond donors (Lipinski definition) is 0. The smallest absolute Gasteiger partial charge is 0.226 e. The Balaban J connectivity index is 1.38. The third-order valence-corrected chi connectivity index (χ3v) is 5.85. The highest BCUT2D eigenvalue weighted by Gasteiger charge is 2.17. The number of oxazole rings is 1. The Labute approximate surface area is 187 Å². The van der Waals surface area contributed by atoms with E-state index < -0.39 is 0 Å². The summed E-state index contributed by atoms with van der Waals surface area (Å²) in [6, 6.07) is 21.4. The molecule has 0 amide bonds. The van der Waals surface area contributed by atoms with Crippen molar-refractivity contribution in [1.82, 2.24) is 19.7 Å². The highest BCUT2D eigenvalue weighted by molar-refractivity contribution is 7.98. The molecule has 0 N–H and O–H groups in total. The summed E-state index contributed by atoms with van der Waals surface area (Å²) in [5, 5.41) is 10.2. The molecule has 6 nitrogen and oxygen atoms in total. The molecule has 8 heteroatoms. The number of rotatable bonds is 7. The van der Waals surface area contributed by atoms with Gasteiger partial charge in [-0.05, 0) is 35.9 Å². The molecule has 0 aliphatic heterocycles. The Hall–Kier alpha value is -3.29.